The lowest BCUT2D eigenvalue weighted by molar-refractivity contribution is -0.139. The van der Waals surface area contributed by atoms with Crippen LogP contribution in [0, 0.1) is 0 Å². The normalized spacial score (nSPS) is 11.5. The summed E-state index contributed by atoms with van der Waals surface area (Å²) in [6.07, 6.45) is 6.38. The Bertz CT molecular complexity index is 406. The van der Waals surface area contributed by atoms with Crippen LogP contribution in [-0.4, -0.2) is 33.0 Å². The molecule has 17 heavy (non-hydrogen) atoms. The number of nitrogens with one attached hydrogen (secondary N) is 1. The van der Waals surface area contributed by atoms with Gasteiger partial charge in [-0.05, 0) is 12.8 Å². The third-order valence-electron chi connectivity index (χ3n) is 2.09. The highest BCUT2D eigenvalue weighted by molar-refractivity contribution is 5.96. The van der Waals surface area contributed by atoms with Crippen molar-refractivity contribution in [3.8, 4) is 0 Å². The second-order valence-electron chi connectivity index (χ2n) is 3.36. The Morgan fingerprint density at radius 2 is 2.12 bits per heavy atom. The van der Waals surface area contributed by atoms with Gasteiger partial charge in [0.2, 0.25) is 0 Å². The van der Waals surface area contributed by atoms with E-state index in [1.165, 1.54) is 18.7 Å². The van der Waals surface area contributed by atoms with Crippen molar-refractivity contribution in [1.82, 2.24) is 15.3 Å². The lowest BCUT2D eigenvalue weighted by Gasteiger charge is -2.13. The Labute approximate surface area is 98.4 Å². The average Bonchev–Trinajstić information content (AvgIpc) is 2.35. The fourth-order valence-electron chi connectivity index (χ4n) is 1.20. The smallest absolute Gasteiger partial charge is 0.326 e. The van der Waals surface area contributed by atoms with Crippen molar-refractivity contribution in [2.45, 2.75) is 18.9 Å². The molecule has 0 fully saturated rings. The predicted molar refractivity (Wildman–Crippen MR) is 60.4 cm³/mol. The highest BCUT2D eigenvalue weighted by atomic mass is 16.4. The van der Waals surface area contributed by atoms with Crippen LogP contribution < -0.4 is 5.32 Å². The molecule has 0 bridgehead atoms. The number of carboxylic acids is 1. The number of amides is 1. The monoisotopic (exact) mass is 235 g/mol. The van der Waals surface area contributed by atoms with Crippen molar-refractivity contribution < 1.29 is 14.7 Å². The molecule has 0 spiro atoms. The summed E-state index contributed by atoms with van der Waals surface area (Å²) in [4.78, 5) is 29.9. The molecule has 1 aromatic heterocycles. The lowest BCUT2D eigenvalue weighted by atomic mass is 10.1. The molecule has 0 aliphatic rings. The number of nitrogens with zero attached hydrogens (tertiary/aromatic N) is 2. The third-order valence-corrected chi connectivity index (χ3v) is 2.09. The minimum absolute atomic E-state index is 0.234. The van der Waals surface area contributed by atoms with E-state index >= 15 is 0 Å². The number of carboxylic acid groups (broad SMARTS) is 1. The van der Waals surface area contributed by atoms with Gasteiger partial charge >= 0.3 is 5.97 Å². The van der Waals surface area contributed by atoms with Crippen molar-refractivity contribution in [3.63, 3.8) is 0 Å². The third kappa shape index (κ3) is 4.02. The van der Waals surface area contributed by atoms with E-state index in [0.717, 1.165) is 0 Å². The molecule has 2 N–H and O–H groups in total. The van der Waals surface area contributed by atoms with Crippen molar-refractivity contribution in [1.29, 1.82) is 0 Å². The second-order valence-corrected chi connectivity index (χ2v) is 3.36. The summed E-state index contributed by atoms with van der Waals surface area (Å²) in [5.74, 6) is -1.57. The van der Waals surface area contributed by atoms with Crippen molar-refractivity contribution in [2.75, 3.05) is 0 Å². The van der Waals surface area contributed by atoms with Crippen molar-refractivity contribution in [2.24, 2.45) is 0 Å². The molecule has 1 aromatic rings. The van der Waals surface area contributed by atoms with E-state index in [4.69, 9.17) is 5.11 Å². The average molecular weight is 235 g/mol. The maximum absolute atomic E-state index is 11.6. The van der Waals surface area contributed by atoms with Gasteiger partial charge in [-0.3, -0.25) is 4.79 Å². The first kappa shape index (κ1) is 12.8. The zero-order valence-corrected chi connectivity index (χ0v) is 9.17. The quantitative estimate of drug-likeness (QED) is 0.705. The van der Waals surface area contributed by atoms with Gasteiger partial charge in [-0.1, -0.05) is 6.08 Å². The SMILES string of the molecule is C=CCCC(NC(=O)c1cncnc1)C(=O)O. The number of hydrogen-bond donors (Lipinski definition) is 2. The predicted octanol–water partition coefficient (Wildman–Crippen LogP) is 0.626. The minimum atomic E-state index is -1.07. The number of carbonyl (C=O) groups is 2. The molecule has 1 heterocycles. The second kappa shape index (κ2) is 6.37. The number of hydrogen-bond acceptors (Lipinski definition) is 4. The molecule has 0 aromatic carbocycles. The Morgan fingerprint density at radius 3 is 2.65 bits per heavy atom. The first-order valence-corrected chi connectivity index (χ1v) is 5.04. The van der Waals surface area contributed by atoms with Crippen molar-refractivity contribution >= 4 is 11.9 Å². The van der Waals surface area contributed by atoms with Gasteiger partial charge in [0, 0.05) is 12.4 Å². The number of aromatic nitrogens is 2. The molecule has 1 atom stereocenters. The van der Waals surface area contributed by atoms with E-state index in [2.05, 4.69) is 21.9 Å². The lowest BCUT2D eigenvalue weighted by Crippen LogP contribution is -2.40. The number of carbonyl (C=O) groups excluding carboxylic acids is 1. The number of aliphatic carboxylic acids is 1. The first-order chi connectivity index (χ1) is 8.15. The Kier molecular flexibility index (Phi) is 4.80. The van der Waals surface area contributed by atoms with E-state index in [1.807, 2.05) is 0 Å². The van der Waals surface area contributed by atoms with Gasteiger partial charge in [-0.2, -0.15) is 0 Å². The summed E-state index contributed by atoms with van der Waals surface area (Å²) in [7, 11) is 0. The van der Waals surface area contributed by atoms with E-state index < -0.39 is 17.9 Å². The fourth-order valence-corrected chi connectivity index (χ4v) is 1.20. The maximum Gasteiger partial charge on any atom is 0.326 e. The van der Waals surface area contributed by atoms with E-state index in [1.54, 1.807) is 6.08 Å². The van der Waals surface area contributed by atoms with Gasteiger partial charge in [0.1, 0.15) is 12.4 Å². The molecule has 0 aliphatic heterocycles. The standard InChI is InChI=1S/C11H13N3O3/c1-2-3-4-9(11(16)17)14-10(15)8-5-12-7-13-6-8/h2,5-7,9H,1,3-4H2,(H,14,15)(H,16,17). The fraction of sp³-hybridized carbons (Fsp3) is 0.273. The molecular weight excluding hydrogens is 222 g/mol. The summed E-state index contributed by atoms with van der Waals surface area (Å²) in [5.41, 5.74) is 0.234. The summed E-state index contributed by atoms with van der Waals surface area (Å²) in [6.45, 7) is 3.50. The van der Waals surface area contributed by atoms with Crippen LogP contribution in [0.4, 0.5) is 0 Å². The van der Waals surface area contributed by atoms with Gasteiger partial charge in [-0.15, -0.1) is 6.58 Å². The van der Waals surface area contributed by atoms with Crippen LogP contribution in [0.1, 0.15) is 23.2 Å². The van der Waals surface area contributed by atoms with Crippen LogP contribution in [0.25, 0.3) is 0 Å². The molecule has 1 amide bonds. The van der Waals surface area contributed by atoms with Crippen LogP contribution >= 0.6 is 0 Å². The Morgan fingerprint density at radius 1 is 1.47 bits per heavy atom. The van der Waals surface area contributed by atoms with Gasteiger partial charge < -0.3 is 10.4 Å². The molecular formula is C11H13N3O3. The zero-order chi connectivity index (χ0) is 12.7. The van der Waals surface area contributed by atoms with Crippen molar-refractivity contribution in [3.05, 3.63) is 36.9 Å². The van der Waals surface area contributed by atoms with Crippen LogP contribution in [0.15, 0.2) is 31.4 Å². The van der Waals surface area contributed by atoms with Crippen LogP contribution in [0.5, 0.6) is 0 Å². The highest BCUT2D eigenvalue weighted by Crippen LogP contribution is 2.01. The first-order valence-electron chi connectivity index (χ1n) is 5.04. The number of allylic oxidation sites excluding steroid dienone is 1. The molecule has 0 radical (unpaired) electrons. The minimum Gasteiger partial charge on any atom is -0.480 e. The van der Waals surface area contributed by atoms with Gasteiger partial charge in [0.25, 0.3) is 5.91 Å². The molecule has 0 saturated carbocycles. The van der Waals surface area contributed by atoms with E-state index in [-0.39, 0.29) is 5.56 Å². The molecule has 1 unspecified atom stereocenters. The number of rotatable bonds is 6. The molecule has 0 aliphatic carbocycles. The van der Waals surface area contributed by atoms with Gasteiger partial charge in [0.05, 0.1) is 5.56 Å². The van der Waals surface area contributed by atoms with E-state index in [0.29, 0.717) is 12.8 Å². The Balaban J connectivity index is 2.64. The Hall–Kier alpha value is -2.24. The highest BCUT2D eigenvalue weighted by Gasteiger charge is 2.19. The van der Waals surface area contributed by atoms with Crippen LogP contribution in [-0.2, 0) is 4.79 Å². The molecule has 6 nitrogen and oxygen atoms in total. The van der Waals surface area contributed by atoms with Crippen LogP contribution in [0.3, 0.4) is 0 Å². The summed E-state index contributed by atoms with van der Waals surface area (Å²) < 4.78 is 0. The van der Waals surface area contributed by atoms with E-state index in [9.17, 15) is 9.59 Å². The van der Waals surface area contributed by atoms with Crippen LogP contribution in [0.2, 0.25) is 0 Å². The summed E-state index contributed by atoms with van der Waals surface area (Å²) >= 11 is 0. The topological polar surface area (TPSA) is 92.2 Å². The zero-order valence-electron chi connectivity index (χ0n) is 9.17. The summed E-state index contributed by atoms with van der Waals surface area (Å²) in [5, 5.41) is 11.3. The molecule has 1 rings (SSSR count). The summed E-state index contributed by atoms with van der Waals surface area (Å²) in [6, 6.07) is -0.930. The maximum atomic E-state index is 11.6. The van der Waals surface area contributed by atoms with Gasteiger partial charge in [0.15, 0.2) is 0 Å². The molecule has 6 heteroatoms. The largest absolute Gasteiger partial charge is 0.480 e. The van der Waals surface area contributed by atoms with Gasteiger partial charge in [-0.25, -0.2) is 14.8 Å². The molecule has 90 valence electrons. The molecule has 0 saturated heterocycles.